The zero-order chi connectivity index (χ0) is 26.3. The summed E-state index contributed by atoms with van der Waals surface area (Å²) in [5.41, 5.74) is 2.25. The molecule has 8 nitrogen and oxygen atoms in total. The van der Waals surface area contributed by atoms with E-state index < -0.39 is 23.6 Å². The van der Waals surface area contributed by atoms with Gasteiger partial charge < -0.3 is 4.74 Å². The number of amides is 4. The summed E-state index contributed by atoms with van der Waals surface area (Å²) < 4.78 is 5.46. The number of likely N-dealkylation sites (N-methyl/N-ethyl adjacent to an activating group) is 1. The fraction of sp³-hybridized carbons (Fsp3) is 0.107. The van der Waals surface area contributed by atoms with Gasteiger partial charge in [0, 0.05) is 12.6 Å². The number of benzene rings is 3. The lowest BCUT2D eigenvalue weighted by Gasteiger charge is -2.34. The van der Waals surface area contributed by atoms with Crippen LogP contribution in [-0.4, -0.2) is 52.7 Å². The molecule has 4 amide bonds. The van der Waals surface area contributed by atoms with Crippen LogP contribution < -0.4 is 9.64 Å². The third-order valence-corrected chi connectivity index (χ3v) is 6.74. The van der Waals surface area contributed by atoms with Crippen molar-refractivity contribution in [3.05, 3.63) is 101 Å². The second-order valence-electron chi connectivity index (χ2n) is 8.49. The predicted molar refractivity (Wildman–Crippen MR) is 141 cm³/mol. The summed E-state index contributed by atoms with van der Waals surface area (Å²) in [6.07, 6.45) is 1.48. The van der Waals surface area contributed by atoms with Gasteiger partial charge in [-0.1, -0.05) is 36.4 Å². The molecule has 2 aliphatic heterocycles. The SMILES string of the molecule is COc1ccc(C=C2C(=O)N(C)C(=S)N(c3ccccc3)C2=O)cc1CN1C(=O)c2ccccc2C1=O. The minimum absolute atomic E-state index is 0.0332. The van der Waals surface area contributed by atoms with Gasteiger partial charge in [-0.2, -0.15) is 0 Å². The average Bonchev–Trinajstić information content (AvgIpc) is 3.16. The Morgan fingerprint density at radius 1 is 0.811 bits per heavy atom. The van der Waals surface area contributed by atoms with Gasteiger partial charge in [-0.05, 0) is 60.3 Å². The first-order valence-electron chi connectivity index (χ1n) is 11.4. The second kappa shape index (κ2) is 9.44. The fourth-order valence-corrected chi connectivity index (χ4v) is 4.65. The molecule has 0 atom stereocenters. The van der Waals surface area contributed by atoms with Gasteiger partial charge in [0.15, 0.2) is 5.11 Å². The summed E-state index contributed by atoms with van der Waals surface area (Å²) in [5, 5.41) is 0.0828. The second-order valence-corrected chi connectivity index (χ2v) is 8.86. The minimum Gasteiger partial charge on any atom is -0.496 e. The highest BCUT2D eigenvalue weighted by atomic mass is 32.1. The third-order valence-electron chi connectivity index (χ3n) is 6.28. The van der Waals surface area contributed by atoms with Crippen LogP contribution in [0.2, 0.25) is 0 Å². The molecule has 37 heavy (non-hydrogen) atoms. The van der Waals surface area contributed by atoms with Crippen LogP contribution in [0.25, 0.3) is 6.08 Å². The van der Waals surface area contributed by atoms with Gasteiger partial charge in [-0.15, -0.1) is 0 Å². The Hall–Kier alpha value is -4.63. The van der Waals surface area contributed by atoms with E-state index in [2.05, 4.69) is 0 Å². The molecule has 2 heterocycles. The van der Waals surface area contributed by atoms with Crippen molar-refractivity contribution < 1.29 is 23.9 Å². The molecule has 0 radical (unpaired) electrons. The molecule has 3 aromatic rings. The summed E-state index contributed by atoms with van der Waals surface area (Å²) in [5.74, 6) is -1.39. The molecule has 0 aromatic heterocycles. The Morgan fingerprint density at radius 3 is 2.05 bits per heavy atom. The average molecular weight is 512 g/mol. The smallest absolute Gasteiger partial charge is 0.270 e. The number of hydrogen-bond acceptors (Lipinski definition) is 6. The van der Waals surface area contributed by atoms with E-state index in [-0.39, 0.29) is 17.2 Å². The number of hydrogen-bond donors (Lipinski definition) is 0. The Kier molecular flexibility index (Phi) is 6.14. The van der Waals surface area contributed by atoms with E-state index in [1.165, 1.54) is 30.0 Å². The number of methoxy groups -OCH3 is 1. The van der Waals surface area contributed by atoms with Crippen molar-refractivity contribution in [2.24, 2.45) is 0 Å². The van der Waals surface area contributed by atoms with E-state index >= 15 is 0 Å². The molecule has 1 fully saturated rings. The molecule has 0 spiro atoms. The maximum Gasteiger partial charge on any atom is 0.270 e. The fourth-order valence-electron chi connectivity index (χ4n) is 4.38. The Bertz CT molecular complexity index is 1480. The van der Waals surface area contributed by atoms with E-state index in [0.29, 0.717) is 33.7 Å². The quantitative estimate of drug-likeness (QED) is 0.225. The molecule has 3 aromatic carbocycles. The molecular formula is C28H21N3O5S. The van der Waals surface area contributed by atoms with Gasteiger partial charge in [0.2, 0.25) is 0 Å². The molecule has 0 unspecified atom stereocenters. The monoisotopic (exact) mass is 511 g/mol. The van der Waals surface area contributed by atoms with E-state index in [4.69, 9.17) is 17.0 Å². The van der Waals surface area contributed by atoms with Gasteiger partial charge in [-0.3, -0.25) is 33.9 Å². The van der Waals surface area contributed by atoms with Gasteiger partial charge in [0.25, 0.3) is 23.6 Å². The largest absolute Gasteiger partial charge is 0.496 e. The summed E-state index contributed by atoms with van der Waals surface area (Å²) in [7, 11) is 3.00. The number of thiocarbonyl (C=S) groups is 1. The molecule has 2 aliphatic rings. The lowest BCUT2D eigenvalue weighted by atomic mass is 10.0. The van der Waals surface area contributed by atoms with Crippen molar-refractivity contribution in [1.29, 1.82) is 0 Å². The van der Waals surface area contributed by atoms with Gasteiger partial charge in [-0.25, -0.2) is 0 Å². The summed E-state index contributed by atoms with van der Waals surface area (Å²) in [4.78, 5) is 55.9. The molecule has 0 saturated carbocycles. The van der Waals surface area contributed by atoms with Crippen molar-refractivity contribution in [1.82, 2.24) is 9.80 Å². The standard InChI is InChI=1S/C28H21N3O5S/c1-29-24(32)22(27(35)31(28(29)37)19-8-4-3-5-9-19)15-17-12-13-23(36-2)18(14-17)16-30-25(33)20-10-6-7-11-21(20)26(30)34/h3-15H,16H2,1-2H3. The van der Waals surface area contributed by atoms with Crippen molar-refractivity contribution >= 4 is 52.7 Å². The van der Waals surface area contributed by atoms with E-state index in [1.54, 1.807) is 66.7 Å². The number of para-hydroxylation sites is 1. The Balaban J connectivity index is 1.50. The predicted octanol–water partition coefficient (Wildman–Crippen LogP) is 3.66. The lowest BCUT2D eigenvalue weighted by Crippen LogP contribution is -2.54. The van der Waals surface area contributed by atoms with Crippen LogP contribution in [-0.2, 0) is 16.1 Å². The molecule has 0 aliphatic carbocycles. The van der Waals surface area contributed by atoms with E-state index in [0.717, 1.165) is 4.90 Å². The normalized spacial score (nSPS) is 16.6. The van der Waals surface area contributed by atoms with Gasteiger partial charge in [0.05, 0.1) is 30.5 Å². The van der Waals surface area contributed by atoms with Crippen LogP contribution in [0.1, 0.15) is 31.8 Å². The molecule has 184 valence electrons. The topological polar surface area (TPSA) is 87.2 Å². The number of carbonyl (C=O) groups excluding carboxylic acids is 4. The van der Waals surface area contributed by atoms with Crippen LogP contribution in [0.3, 0.4) is 0 Å². The highest BCUT2D eigenvalue weighted by Crippen LogP contribution is 2.30. The third kappa shape index (κ3) is 4.09. The number of nitrogens with zero attached hydrogens (tertiary/aromatic N) is 3. The molecule has 1 saturated heterocycles. The van der Waals surface area contributed by atoms with Gasteiger partial charge >= 0.3 is 0 Å². The van der Waals surface area contributed by atoms with Crippen molar-refractivity contribution in [2.45, 2.75) is 6.54 Å². The first-order valence-corrected chi connectivity index (χ1v) is 11.8. The minimum atomic E-state index is -0.544. The van der Waals surface area contributed by atoms with Gasteiger partial charge in [0.1, 0.15) is 11.3 Å². The number of carbonyl (C=O) groups is 4. The van der Waals surface area contributed by atoms with Crippen LogP contribution in [0, 0.1) is 0 Å². The first-order chi connectivity index (χ1) is 17.8. The molecule has 9 heteroatoms. The molecule has 0 bridgehead atoms. The summed E-state index contributed by atoms with van der Waals surface area (Å²) in [6, 6.07) is 20.6. The van der Waals surface area contributed by atoms with Crippen LogP contribution in [0.5, 0.6) is 5.75 Å². The van der Waals surface area contributed by atoms with Crippen LogP contribution in [0.15, 0.2) is 78.4 Å². The Labute approximate surface area is 218 Å². The first kappa shape index (κ1) is 24.1. The highest BCUT2D eigenvalue weighted by Gasteiger charge is 2.39. The zero-order valence-corrected chi connectivity index (χ0v) is 20.8. The van der Waals surface area contributed by atoms with Crippen molar-refractivity contribution in [2.75, 3.05) is 19.1 Å². The maximum absolute atomic E-state index is 13.4. The number of fused-ring (bicyclic) bond motifs is 1. The Morgan fingerprint density at radius 2 is 1.43 bits per heavy atom. The number of ether oxygens (including phenoxy) is 1. The number of anilines is 1. The van der Waals surface area contributed by atoms with Crippen LogP contribution in [0.4, 0.5) is 5.69 Å². The van der Waals surface area contributed by atoms with Crippen molar-refractivity contribution in [3.63, 3.8) is 0 Å². The van der Waals surface area contributed by atoms with E-state index in [9.17, 15) is 19.2 Å². The molecular weight excluding hydrogens is 490 g/mol. The van der Waals surface area contributed by atoms with E-state index in [1.807, 2.05) is 6.07 Å². The number of rotatable bonds is 5. The molecule has 5 rings (SSSR count). The van der Waals surface area contributed by atoms with Crippen molar-refractivity contribution in [3.8, 4) is 5.75 Å². The van der Waals surface area contributed by atoms with Crippen LogP contribution >= 0.6 is 12.2 Å². The highest BCUT2D eigenvalue weighted by molar-refractivity contribution is 7.80. The zero-order valence-electron chi connectivity index (χ0n) is 20.0. The lowest BCUT2D eigenvalue weighted by molar-refractivity contribution is -0.127. The number of imide groups is 1. The molecule has 0 N–H and O–H groups in total. The summed E-state index contributed by atoms with van der Waals surface area (Å²) >= 11 is 5.39. The maximum atomic E-state index is 13.4. The summed E-state index contributed by atoms with van der Waals surface area (Å²) in [6.45, 7) is -0.0332.